The van der Waals surface area contributed by atoms with Crippen LogP contribution in [0.4, 0.5) is 0 Å². The van der Waals surface area contributed by atoms with Gasteiger partial charge < -0.3 is 9.67 Å². The van der Waals surface area contributed by atoms with Gasteiger partial charge in [-0.05, 0) is 19.3 Å². The number of aliphatic hydroxyl groups is 1. The molecular formula is C11H18N2O. The summed E-state index contributed by atoms with van der Waals surface area (Å²) in [5.74, 6) is 1.52. The Kier molecular flexibility index (Phi) is 2.59. The van der Waals surface area contributed by atoms with E-state index in [0.29, 0.717) is 5.92 Å². The molecule has 1 heterocycles. The Morgan fingerprint density at radius 2 is 2.29 bits per heavy atom. The van der Waals surface area contributed by atoms with Gasteiger partial charge in [0.1, 0.15) is 5.82 Å². The summed E-state index contributed by atoms with van der Waals surface area (Å²) in [7, 11) is 0. The van der Waals surface area contributed by atoms with Crippen molar-refractivity contribution in [1.82, 2.24) is 9.55 Å². The fraction of sp³-hybridized carbons (Fsp3) is 0.727. The average molecular weight is 194 g/mol. The number of hydrogen-bond acceptors (Lipinski definition) is 2. The van der Waals surface area contributed by atoms with E-state index in [0.717, 1.165) is 25.1 Å². The minimum absolute atomic E-state index is 0.179. The Hall–Kier alpha value is -0.830. The number of rotatable bonds is 2. The maximum Gasteiger partial charge on any atom is 0.111 e. The monoisotopic (exact) mass is 194 g/mol. The van der Waals surface area contributed by atoms with Crippen LogP contribution in [-0.4, -0.2) is 20.8 Å². The van der Waals surface area contributed by atoms with Crippen LogP contribution in [0.3, 0.4) is 0 Å². The molecule has 0 spiro atoms. The highest BCUT2D eigenvalue weighted by atomic mass is 16.3. The number of nitrogens with zero attached hydrogens (tertiary/aromatic N) is 2. The zero-order valence-electron chi connectivity index (χ0n) is 8.85. The fourth-order valence-corrected chi connectivity index (χ4v) is 2.30. The Labute approximate surface area is 84.8 Å². The van der Waals surface area contributed by atoms with E-state index in [2.05, 4.69) is 23.4 Å². The van der Waals surface area contributed by atoms with Gasteiger partial charge in [0, 0.05) is 18.3 Å². The summed E-state index contributed by atoms with van der Waals surface area (Å²) in [5.41, 5.74) is 0. The van der Waals surface area contributed by atoms with Crippen LogP contribution in [0.5, 0.6) is 0 Å². The smallest absolute Gasteiger partial charge is 0.111 e. The molecule has 0 aromatic carbocycles. The van der Waals surface area contributed by atoms with E-state index in [1.54, 1.807) is 0 Å². The Balaban J connectivity index is 2.26. The summed E-state index contributed by atoms with van der Waals surface area (Å²) in [6.07, 6.45) is 6.79. The molecule has 1 aromatic rings. The van der Waals surface area contributed by atoms with Gasteiger partial charge in [-0.1, -0.05) is 13.8 Å². The molecule has 0 aliphatic heterocycles. The number of hydrogen-bond donors (Lipinski definition) is 1. The van der Waals surface area contributed by atoms with Crippen LogP contribution in [0.1, 0.15) is 50.9 Å². The van der Waals surface area contributed by atoms with E-state index in [1.807, 2.05) is 12.4 Å². The molecule has 1 N–H and O–H groups in total. The van der Waals surface area contributed by atoms with Crippen LogP contribution in [0.2, 0.25) is 0 Å². The van der Waals surface area contributed by atoms with Crippen molar-refractivity contribution in [2.75, 3.05) is 0 Å². The van der Waals surface area contributed by atoms with Crippen LogP contribution >= 0.6 is 0 Å². The highest BCUT2D eigenvalue weighted by molar-refractivity contribution is 5.02. The summed E-state index contributed by atoms with van der Waals surface area (Å²) in [4.78, 5) is 4.35. The molecule has 1 saturated carbocycles. The fourth-order valence-electron chi connectivity index (χ4n) is 2.30. The average Bonchev–Trinajstić information content (AvgIpc) is 2.70. The SMILES string of the molecule is CC(C)c1nccn1[C@@H]1CCC[C@@H]1O. The molecule has 0 unspecified atom stereocenters. The van der Waals surface area contributed by atoms with Crippen molar-refractivity contribution in [3.05, 3.63) is 18.2 Å². The van der Waals surface area contributed by atoms with Gasteiger partial charge in [0.15, 0.2) is 0 Å². The Morgan fingerprint density at radius 3 is 2.86 bits per heavy atom. The largest absolute Gasteiger partial charge is 0.391 e. The van der Waals surface area contributed by atoms with Crippen molar-refractivity contribution < 1.29 is 5.11 Å². The van der Waals surface area contributed by atoms with Crippen molar-refractivity contribution >= 4 is 0 Å². The molecule has 0 radical (unpaired) electrons. The topological polar surface area (TPSA) is 38.0 Å². The molecule has 78 valence electrons. The van der Waals surface area contributed by atoms with Gasteiger partial charge >= 0.3 is 0 Å². The van der Waals surface area contributed by atoms with Gasteiger partial charge in [0.2, 0.25) is 0 Å². The lowest BCUT2D eigenvalue weighted by atomic mass is 10.1. The van der Waals surface area contributed by atoms with Gasteiger partial charge in [0.05, 0.1) is 12.1 Å². The highest BCUT2D eigenvalue weighted by Crippen LogP contribution is 2.32. The second-order valence-electron chi connectivity index (χ2n) is 4.41. The van der Waals surface area contributed by atoms with Crippen LogP contribution in [0.25, 0.3) is 0 Å². The number of aromatic nitrogens is 2. The van der Waals surface area contributed by atoms with Crippen molar-refractivity contribution in [2.24, 2.45) is 0 Å². The van der Waals surface area contributed by atoms with Crippen molar-refractivity contribution in [3.8, 4) is 0 Å². The van der Waals surface area contributed by atoms with Gasteiger partial charge in [-0.25, -0.2) is 4.98 Å². The summed E-state index contributed by atoms with van der Waals surface area (Å²) < 4.78 is 2.16. The minimum atomic E-state index is -0.179. The normalized spacial score (nSPS) is 27.4. The highest BCUT2D eigenvalue weighted by Gasteiger charge is 2.28. The van der Waals surface area contributed by atoms with E-state index in [1.165, 1.54) is 0 Å². The van der Waals surface area contributed by atoms with Crippen LogP contribution in [-0.2, 0) is 0 Å². The van der Waals surface area contributed by atoms with Gasteiger partial charge in [-0.2, -0.15) is 0 Å². The molecule has 14 heavy (non-hydrogen) atoms. The van der Waals surface area contributed by atoms with Crippen LogP contribution in [0.15, 0.2) is 12.4 Å². The second-order valence-corrected chi connectivity index (χ2v) is 4.41. The first-order valence-corrected chi connectivity index (χ1v) is 5.41. The van der Waals surface area contributed by atoms with Gasteiger partial charge in [-0.15, -0.1) is 0 Å². The standard InChI is InChI=1S/C11H18N2O/c1-8(2)11-12-6-7-13(11)9-4-3-5-10(9)14/h6-10,14H,3-5H2,1-2H3/t9-,10+/m1/s1. The maximum absolute atomic E-state index is 9.82. The second kappa shape index (κ2) is 3.73. The molecule has 2 rings (SSSR count). The van der Waals surface area contributed by atoms with Gasteiger partial charge in [-0.3, -0.25) is 0 Å². The lowest BCUT2D eigenvalue weighted by Gasteiger charge is -2.20. The summed E-state index contributed by atoms with van der Waals surface area (Å²) in [5, 5.41) is 9.82. The molecule has 1 fully saturated rings. The third kappa shape index (κ3) is 1.57. The quantitative estimate of drug-likeness (QED) is 0.782. The maximum atomic E-state index is 9.82. The molecule has 1 aliphatic rings. The Morgan fingerprint density at radius 1 is 1.50 bits per heavy atom. The predicted molar refractivity (Wildman–Crippen MR) is 55.2 cm³/mol. The minimum Gasteiger partial charge on any atom is -0.391 e. The molecular weight excluding hydrogens is 176 g/mol. The zero-order chi connectivity index (χ0) is 10.1. The number of aliphatic hydroxyl groups excluding tert-OH is 1. The van der Waals surface area contributed by atoms with E-state index in [9.17, 15) is 5.11 Å². The van der Waals surface area contributed by atoms with E-state index in [4.69, 9.17) is 0 Å². The van der Waals surface area contributed by atoms with Crippen molar-refractivity contribution in [3.63, 3.8) is 0 Å². The summed E-state index contributed by atoms with van der Waals surface area (Å²) in [6.45, 7) is 4.28. The predicted octanol–water partition coefficient (Wildman–Crippen LogP) is 2.09. The first-order valence-electron chi connectivity index (χ1n) is 5.41. The molecule has 1 aromatic heterocycles. The molecule has 0 saturated heterocycles. The first kappa shape index (κ1) is 9.71. The lowest BCUT2D eigenvalue weighted by molar-refractivity contribution is 0.134. The third-order valence-corrected chi connectivity index (χ3v) is 3.02. The van der Waals surface area contributed by atoms with E-state index < -0.39 is 0 Å². The zero-order valence-corrected chi connectivity index (χ0v) is 8.85. The van der Waals surface area contributed by atoms with Crippen LogP contribution in [0, 0.1) is 0 Å². The molecule has 3 nitrogen and oxygen atoms in total. The molecule has 1 aliphatic carbocycles. The third-order valence-electron chi connectivity index (χ3n) is 3.02. The number of imidazole rings is 1. The van der Waals surface area contributed by atoms with E-state index in [-0.39, 0.29) is 12.1 Å². The van der Waals surface area contributed by atoms with Crippen molar-refractivity contribution in [1.29, 1.82) is 0 Å². The molecule has 0 amide bonds. The summed E-state index contributed by atoms with van der Waals surface area (Å²) >= 11 is 0. The molecule has 2 atom stereocenters. The Bertz CT molecular complexity index is 306. The van der Waals surface area contributed by atoms with Crippen molar-refractivity contribution in [2.45, 2.75) is 51.2 Å². The van der Waals surface area contributed by atoms with Crippen LogP contribution < -0.4 is 0 Å². The molecule has 0 bridgehead atoms. The van der Waals surface area contributed by atoms with E-state index >= 15 is 0 Å². The van der Waals surface area contributed by atoms with Gasteiger partial charge in [0.25, 0.3) is 0 Å². The lowest BCUT2D eigenvalue weighted by Crippen LogP contribution is -2.20. The molecule has 3 heteroatoms. The summed E-state index contributed by atoms with van der Waals surface area (Å²) in [6, 6.07) is 0.259. The first-order chi connectivity index (χ1) is 6.70.